The molecule has 0 aliphatic carbocycles. The molecule has 2 amide bonds. The number of benzene rings is 2. The number of alkyl halides is 2. The Morgan fingerprint density at radius 3 is 2.62 bits per heavy atom. The first-order chi connectivity index (χ1) is 18.9. The molecule has 1 aromatic heterocycles. The van der Waals surface area contributed by atoms with Gasteiger partial charge in [0.05, 0.1) is 5.56 Å². The van der Waals surface area contributed by atoms with Gasteiger partial charge in [-0.05, 0) is 80.9 Å². The largest absolute Gasteiger partial charge is 0.586 e. The molecular formula is C28H29F2N5O4. The average molecular weight is 538 g/mol. The van der Waals surface area contributed by atoms with Gasteiger partial charge in [-0.3, -0.25) is 14.6 Å². The molecule has 3 N–H and O–H groups in total. The van der Waals surface area contributed by atoms with E-state index in [1.165, 1.54) is 31.0 Å². The summed E-state index contributed by atoms with van der Waals surface area (Å²) in [6.45, 7) is 4.19. The van der Waals surface area contributed by atoms with Crippen molar-refractivity contribution in [1.29, 1.82) is 0 Å². The molecule has 2 aromatic carbocycles. The van der Waals surface area contributed by atoms with E-state index in [9.17, 15) is 18.4 Å². The molecule has 2 aliphatic heterocycles. The van der Waals surface area contributed by atoms with Crippen LogP contribution < -0.4 is 25.4 Å². The van der Waals surface area contributed by atoms with Gasteiger partial charge in [-0.25, -0.2) is 0 Å². The summed E-state index contributed by atoms with van der Waals surface area (Å²) < 4.78 is 35.4. The Kier molecular flexibility index (Phi) is 7.87. The Bertz CT molecular complexity index is 1350. The average Bonchev–Trinajstić information content (AvgIpc) is 3.56. The molecule has 9 nitrogen and oxygen atoms in total. The highest BCUT2D eigenvalue weighted by atomic mass is 19.3. The van der Waals surface area contributed by atoms with Gasteiger partial charge >= 0.3 is 6.29 Å². The van der Waals surface area contributed by atoms with Gasteiger partial charge in [-0.2, -0.15) is 0 Å². The number of carbonyl (C=O) groups is 2. The summed E-state index contributed by atoms with van der Waals surface area (Å²) in [5.41, 5.74) is 2.34. The fourth-order valence-corrected chi connectivity index (χ4v) is 4.57. The van der Waals surface area contributed by atoms with E-state index in [2.05, 4.69) is 35.3 Å². The molecule has 0 unspecified atom stereocenters. The van der Waals surface area contributed by atoms with Crippen molar-refractivity contribution in [3.05, 3.63) is 77.6 Å². The van der Waals surface area contributed by atoms with Crippen molar-refractivity contribution >= 4 is 23.2 Å². The summed E-state index contributed by atoms with van der Waals surface area (Å²) in [6, 6.07) is 14.5. The Labute approximate surface area is 224 Å². The number of hydrogen-bond donors (Lipinski definition) is 3. The molecule has 0 atom stereocenters. The van der Waals surface area contributed by atoms with Crippen LogP contribution >= 0.6 is 0 Å². The number of ether oxygens (including phenoxy) is 2. The number of nitrogens with one attached hydrogen (secondary N) is 3. The molecule has 0 saturated carbocycles. The van der Waals surface area contributed by atoms with Crippen molar-refractivity contribution in [1.82, 2.24) is 15.2 Å². The highest BCUT2D eigenvalue weighted by Gasteiger charge is 2.43. The van der Waals surface area contributed by atoms with Crippen LogP contribution in [-0.2, 0) is 6.54 Å². The number of carbonyl (C=O) groups excluding carboxylic acids is 2. The van der Waals surface area contributed by atoms with E-state index in [0.29, 0.717) is 30.0 Å². The number of hydrogen-bond acceptors (Lipinski definition) is 7. The summed E-state index contributed by atoms with van der Waals surface area (Å²) in [7, 11) is 0. The molecular weight excluding hydrogens is 508 g/mol. The summed E-state index contributed by atoms with van der Waals surface area (Å²) >= 11 is 0. The number of nitrogens with zero attached hydrogens (tertiary/aromatic N) is 2. The van der Waals surface area contributed by atoms with Crippen LogP contribution in [-0.4, -0.2) is 54.2 Å². The number of fused-ring (bicyclic) bond motifs is 1. The van der Waals surface area contributed by atoms with Crippen LogP contribution in [0.2, 0.25) is 0 Å². The molecule has 2 aliphatic rings. The number of likely N-dealkylation sites (tertiary alicyclic amines) is 1. The molecule has 3 aromatic rings. The Hall–Kier alpha value is -4.25. The van der Waals surface area contributed by atoms with Crippen molar-refractivity contribution in [3.63, 3.8) is 0 Å². The lowest BCUT2D eigenvalue weighted by molar-refractivity contribution is -0.286. The van der Waals surface area contributed by atoms with Gasteiger partial charge in [-0.15, -0.1) is 8.78 Å². The third kappa shape index (κ3) is 6.80. The molecule has 204 valence electrons. The first kappa shape index (κ1) is 26.4. The van der Waals surface area contributed by atoms with Crippen LogP contribution in [0.3, 0.4) is 0 Å². The monoisotopic (exact) mass is 537 g/mol. The van der Waals surface area contributed by atoms with E-state index < -0.39 is 12.2 Å². The predicted octanol–water partition coefficient (Wildman–Crippen LogP) is 4.48. The van der Waals surface area contributed by atoms with Crippen LogP contribution in [0.1, 0.15) is 45.7 Å². The lowest BCUT2D eigenvalue weighted by atomic mass is 10.1. The van der Waals surface area contributed by atoms with E-state index in [1.54, 1.807) is 42.6 Å². The Balaban J connectivity index is 1.16. The summed E-state index contributed by atoms with van der Waals surface area (Å²) in [6.07, 6.45) is 1.23. The zero-order chi connectivity index (χ0) is 27.2. The Morgan fingerprint density at radius 2 is 1.77 bits per heavy atom. The van der Waals surface area contributed by atoms with E-state index >= 15 is 0 Å². The molecule has 11 heteroatoms. The number of anilines is 2. The molecule has 5 rings (SSSR count). The molecule has 1 fully saturated rings. The van der Waals surface area contributed by atoms with Gasteiger partial charge in [0, 0.05) is 36.7 Å². The maximum absolute atomic E-state index is 13.3. The van der Waals surface area contributed by atoms with Crippen molar-refractivity contribution in [3.8, 4) is 11.5 Å². The van der Waals surface area contributed by atoms with Crippen LogP contribution in [0.5, 0.6) is 11.5 Å². The van der Waals surface area contributed by atoms with Gasteiger partial charge in [0.25, 0.3) is 11.8 Å². The zero-order valence-corrected chi connectivity index (χ0v) is 21.2. The number of para-hydroxylation sites is 1. The van der Waals surface area contributed by atoms with E-state index in [4.69, 9.17) is 0 Å². The summed E-state index contributed by atoms with van der Waals surface area (Å²) in [5.74, 6) is -0.923. The predicted molar refractivity (Wildman–Crippen MR) is 141 cm³/mol. The molecule has 3 heterocycles. The lowest BCUT2D eigenvalue weighted by Crippen LogP contribution is -2.29. The van der Waals surface area contributed by atoms with Gasteiger partial charge in [-0.1, -0.05) is 12.1 Å². The molecule has 1 saturated heterocycles. The molecule has 39 heavy (non-hydrogen) atoms. The fourth-order valence-electron chi connectivity index (χ4n) is 4.57. The SMILES string of the molecule is O=C(NCCCN1CCCC1)c1cc(CNc2ccccc2C(=O)Nc2ccc3c(c2)OC(F)(F)O3)ccn1. The quantitative estimate of drug-likeness (QED) is 0.328. The van der Waals surface area contributed by atoms with E-state index in [1.807, 2.05) is 0 Å². The third-order valence-electron chi connectivity index (χ3n) is 6.51. The first-order valence-corrected chi connectivity index (χ1v) is 12.9. The number of rotatable bonds is 10. The summed E-state index contributed by atoms with van der Waals surface area (Å²) in [5, 5.41) is 8.85. The maximum Gasteiger partial charge on any atom is 0.586 e. The normalized spacial score (nSPS) is 15.6. The molecule has 0 spiro atoms. The van der Waals surface area contributed by atoms with Crippen LogP contribution in [0.4, 0.5) is 20.2 Å². The first-order valence-electron chi connectivity index (χ1n) is 12.9. The zero-order valence-electron chi connectivity index (χ0n) is 21.2. The number of pyridine rings is 1. The van der Waals surface area contributed by atoms with E-state index in [-0.39, 0.29) is 23.1 Å². The second-order valence-electron chi connectivity index (χ2n) is 9.39. The van der Waals surface area contributed by atoms with Gasteiger partial charge in [0.15, 0.2) is 11.5 Å². The standard InChI is InChI=1S/C28H29F2N5O4/c29-28(30)38-24-9-8-20(17-25(24)39-28)34-26(36)21-6-1-2-7-22(21)33-18-19-10-12-31-23(16-19)27(37)32-11-5-15-35-13-3-4-14-35/h1-2,6-10,12,16-17,33H,3-5,11,13-15,18H2,(H,32,37)(H,34,36). The number of amides is 2. The van der Waals surface area contributed by atoms with Crippen molar-refractivity contribution < 1.29 is 27.8 Å². The van der Waals surface area contributed by atoms with Crippen LogP contribution in [0.15, 0.2) is 60.8 Å². The lowest BCUT2D eigenvalue weighted by Gasteiger charge is -2.14. The number of halogens is 2. The second-order valence-corrected chi connectivity index (χ2v) is 9.39. The summed E-state index contributed by atoms with van der Waals surface area (Å²) in [4.78, 5) is 32.2. The van der Waals surface area contributed by atoms with Gasteiger partial charge in [0.1, 0.15) is 5.69 Å². The van der Waals surface area contributed by atoms with Crippen molar-refractivity contribution in [2.75, 3.05) is 36.8 Å². The topological polar surface area (TPSA) is 105 Å². The highest BCUT2D eigenvalue weighted by molar-refractivity contribution is 6.08. The third-order valence-corrected chi connectivity index (χ3v) is 6.51. The van der Waals surface area contributed by atoms with Gasteiger partial charge in [0.2, 0.25) is 0 Å². The Morgan fingerprint density at radius 1 is 0.974 bits per heavy atom. The fraction of sp³-hybridized carbons (Fsp3) is 0.321. The number of aromatic nitrogens is 1. The van der Waals surface area contributed by atoms with Gasteiger partial charge < -0.3 is 30.3 Å². The smallest absolute Gasteiger partial charge is 0.395 e. The van der Waals surface area contributed by atoms with Crippen molar-refractivity contribution in [2.24, 2.45) is 0 Å². The second kappa shape index (κ2) is 11.6. The van der Waals surface area contributed by atoms with Crippen molar-refractivity contribution in [2.45, 2.75) is 32.1 Å². The minimum atomic E-state index is -3.73. The minimum absolute atomic E-state index is 0.104. The minimum Gasteiger partial charge on any atom is -0.395 e. The molecule has 0 bridgehead atoms. The maximum atomic E-state index is 13.3. The van der Waals surface area contributed by atoms with Crippen LogP contribution in [0.25, 0.3) is 0 Å². The highest BCUT2D eigenvalue weighted by Crippen LogP contribution is 2.42. The van der Waals surface area contributed by atoms with Crippen LogP contribution in [0, 0.1) is 0 Å². The van der Waals surface area contributed by atoms with E-state index in [0.717, 1.165) is 31.6 Å². The molecule has 0 radical (unpaired) electrons.